The van der Waals surface area contributed by atoms with E-state index in [0.29, 0.717) is 12.5 Å². The van der Waals surface area contributed by atoms with E-state index in [1.165, 1.54) is 22.4 Å². The van der Waals surface area contributed by atoms with E-state index >= 15 is 0 Å². The molecule has 130 valence electrons. The summed E-state index contributed by atoms with van der Waals surface area (Å²) >= 11 is 1.74. The normalized spacial score (nSPS) is 14.0. The van der Waals surface area contributed by atoms with Crippen molar-refractivity contribution in [1.82, 2.24) is 9.88 Å². The molecule has 1 amide bonds. The van der Waals surface area contributed by atoms with Crippen LogP contribution in [0.3, 0.4) is 0 Å². The lowest BCUT2D eigenvalue weighted by molar-refractivity contribution is 0.0943. The molecule has 5 heteroatoms. The van der Waals surface area contributed by atoms with Gasteiger partial charge in [0.2, 0.25) is 0 Å². The molecule has 0 spiro atoms. The summed E-state index contributed by atoms with van der Waals surface area (Å²) in [4.78, 5) is 14.0. The SMILES string of the molecule is COc1ccc(Cn2c(C(=O)NCC3CC3)cc3sc(C)cc32)cc1. The van der Waals surface area contributed by atoms with Crippen LogP contribution in [0, 0.1) is 12.8 Å². The number of fused-ring (bicyclic) bond motifs is 1. The fraction of sp³-hybridized carbons (Fsp3) is 0.350. The fourth-order valence-corrected chi connectivity index (χ4v) is 4.05. The molecule has 1 N–H and O–H groups in total. The molecule has 3 aromatic rings. The van der Waals surface area contributed by atoms with Gasteiger partial charge in [-0.2, -0.15) is 0 Å². The van der Waals surface area contributed by atoms with Gasteiger partial charge in [0.1, 0.15) is 11.4 Å². The van der Waals surface area contributed by atoms with Crippen molar-refractivity contribution in [3.8, 4) is 5.75 Å². The third kappa shape index (κ3) is 3.42. The molecule has 0 bridgehead atoms. The number of carbonyl (C=O) groups excluding carboxylic acids is 1. The largest absolute Gasteiger partial charge is 0.497 e. The van der Waals surface area contributed by atoms with E-state index in [4.69, 9.17) is 4.74 Å². The maximum Gasteiger partial charge on any atom is 0.267 e. The first kappa shape index (κ1) is 16.2. The smallest absolute Gasteiger partial charge is 0.267 e. The van der Waals surface area contributed by atoms with E-state index in [-0.39, 0.29) is 5.91 Å². The van der Waals surface area contributed by atoms with Crippen LogP contribution in [0.1, 0.15) is 33.8 Å². The number of hydrogen-bond donors (Lipinski definition) is 1. The Hall–Kier alpha value is -2.27. The Labute approximate surface area is 151 Å². The summed E-state index contributed by atoms with van der Waals surface area (Å²) in [5, 5.41) is 3.10. The highest BCUT2D eigenvalue weighted by Crippen LogP contribution is 2.30. The number of ether oxygens (including phenoxy) is 1. The monoisotopic (exact) mass is 354 g/mol. The van der Waals surface area contributed by atoms with Gasteiger partial charge in [0.15, 0.2) is 0 Å². The molecule has 4 nitrogen and oxygen atoms in total. The molecule has 2 aromatic heterocycles. The average molecular weight is 354 g/mol. The molecule has 1 aliphatic carbocycles. The molecular weight excluding hydrogens is 332 g/mol. The molecule has 1 saturated carbocycles. The summed E-state index contributed by atoms with van der Waals surface area (Å²) in [5.41, 5.74) is 3.03. The first-order valence-corrected chi connectivity index (χ1v) is 9.46. The molecule has 0 saturated heterocycles. The van der Waals surface area contributed by atoms with Crippen molar-refractivity contribution in [3.63, 3.8) is 0 Å². The Morgan fingerprint density at radius 1 is 1.28 bits per heavy atom. The Kier molecular flexibility index (Phi) is 4.25. The van der Waals surface area contributed by atoms with Crippen molar-refractivity contribution >= 4 is 27.5 Å². The highest BCUT2D eigenvalue weighted by Gasteiger charge is 2.23. The Morgan fingerprint density at radius 3 is 2.72 bits per heavy atom. The van der Waals surface area contributed by atoms with Gasteiger partial charge in [0, 0.05) is 18.0 Å². The summed E-state index contributed by atoms with van der Waals surface area (Å²) in [6.07, 6.45) is 2.48. The fourth-order valence-electron chi connectivity index (χ4n) is 3.09. The lowest BCUT2D eigenvalue weighted by Crippen LogP contribution is -2.27. The van der Waals surface area contributed by atoms with Crippen LogP contribution in [0.25, 0.3) is 10.2 Å². The number of aryl methyl sites for hydroxylation is 1. The lowest BCUT2D eigenvalue weighted by atomic mass is 10.2. The molecular formula is C20H22N2O2S. The molecule has 0 radical (unpaired) electrons. The summed E-state index contributed by atoms with van der Waals surface area (Å²) in [6, 6.07) is 12.2. The van der Waals surface area contributed by atoms with Gasteiger partial charge in [-0.05, 0) is 55.5 Å². The number of nitrogens with zero attached hydrogens (tertiary/aromatic N) is 1. The van der Waals surface area contributed by atoms with Gasteiger partial charge in [0.25, 0.3) is 5.91 Å². The van der Waals surface area contributed by atoms with E-state index < -0.39 is 0 Å². The zero-order chi connectivity index (χ0) is 17.4. The minimum atomic E-state index is 0.0291. The van der Waals surface area contributed by atoms with Crippen molar-refractivity contribution in [3.05, 3.63) is 52.5 Å². The summed E-state index contributed by atoms with van der Waals surface area (Å²) in [5.74, 6) is 1.55. The van der Waals surface area contributed by atoms with Crippen molar-refractivity contribution in [2.75, 3.05) is 13.7 Å². The second kappa shape index (κ2) is 6.56. The minimum Gasteiger partial charge on any atom is -0.497 e. The van der Waals surface area contributed by atoms with Gasteiger partial charge in [-0.15, -0.1) is 11.3 Å². The number of nitrogens with one attached hydrogen (secondary N) is 1. The summed E-state index contributed by atoms with van der Waals surface area (Å²) < 4.78 is 8.53. The number of hydrogen-bond acceptors (Lipinski definition) is 3. The van der Waals surface area contributed by atoms with Crippen LogP contribution >= 0.6 is 11.3 Å². The second-order valence-corrected chi connectivity index (χ2v) is 8.01. The van der Waals surface area contributed by atoms with Crippen LogP contribution in [0.5, 0.6) is 5.75 Å². The zero-order valence-corrected chi connectivity index (χ0v) is 15.4. The maximum absolute atomic E-state index is 12.7. The van der Waals surface area contributed by atoms with Crippen molar-refractivity contribution in [2.24, 2.45) is 5.92 Å². The van der Waals surface area contributed by atoms with Crippen molar-refractivity contribution < 1.29 is 9.53 Å². The zero-order valence-electron chi connectivity index (χ0n) is 14.5. The molecule has 1 fully saturated rings. The maximum atomic E-state index is 12.7. The van der Waals surface area contributed by atoms with Crippen LogP contribution in [0.4, 0.5) is 0 Å². The average Bonchev–Trinajstić information content (AvgIpc) is 3.30. The van der Waals surface area contributed by atoms with Gasteiger partial charge in [-0.25, -0.2) is 0 Å². The van der Waals surface area contributed by atoms with Gasteiger partial charge in [-0.3, -0.25) is 4.79 Å². The number of aromatic nitrogens is 1. The van der Waals surface area contributed by atoms with Crippen LogP contribution in [0.2, 0.25) is 0 Å². The number of thiophene rings is 1. The van der Waals surface area contributed by atoms with Gasteiger partial charge >= 0.3 is 0 Å². The molecule has 0 unspecified atom stereocenters. The first-order chi connectivity index (χ1) is 12.1. The van der Waals surface area contributed by atoms with Gasteiger partial charge in [0.05, 0.1) is 17.3 Å². The molecule has 1 aliphatic rings. The van der Waals surface area contributed by atoms with Crippen LogP contribution < -0.4 is 10.1 Å². The van der Waals surface area contributed by atoms with E-state index in [1.54, 1.807) is 18.4 Å². The quantitative estimate of drug-likeness (QED) is 0.721. The van der Waals surface area contributed by atoms with Gasteiger partial charge in [-0.1, -0.05) is 12.1 Å². The van der Waals surface area contributed by atoms with Crippen molar-refractivity contribution in [1.29, 1.82) is 0 Å². The van der Waals surface area contributed by atoms with Crippen LogP contribution in [-0.4, -0.2) is 24.1 Å². The van der Waals surface area contributed by atoms with E-state index in [0.717, 1.165) is 29.1 Å². The number of carbonyl (C=O) groups is 1. The summed E-state index contributed by atoms with van der Waals surface area (Å²) in [6.45, 7) is 3.57. The van der Waals surface area contributed by atoms with Crippen LogP contribution in [0.15, 0.2) is 36.4 Å². The molecule has 2 heterocycles. The topological polar surface area (TPSA) is 43.3 Å². The Balaban J connectivity index is 1.65. The molecule has 1 aromatic carbocycles. The van der Waals surface area contributed by atoms with Crippen LogP contribution in [-0.2, 0) is 6.54 Å². The first-order valence-electron chi connectivity index (χ1n) is 8.65. The summed E-state index contributed by atoms with van der Waals surface area (Å²) in [7, 11) is 1.67. The third-order valence-corrected chi connectivity index (χ3v) is 5.68. The number of rotatable bonds is 6. The molecule has 25 heavy (non-hydrogen) atoms. The Bertz CT molecular complexity index is 904. The second-order valence-electron chi connectivity index (χ2n) is 6.72. The van der Waals surface area contributed by atoms with E-state index in [1.807, 2.05) is 18.2 Å². The number of benzene rings is 1. The number of methoxy groups -OCH3 is 1. The molecule has 4 rings (SSSR count). The molecule has 0 atom stereocenters. The Morgan fingerprint density at radius 2 is 2.04 bits per heavy atom. The third-order valence-electron chi connectivity index (χ3n) is 4.69. The highest BCUT2D eigenvalue weighted by atomic mass is 32.1. The van der Waals surface area contributed by atoms with E-state index in [2.05, 4.69) is 35.0 Å². The molecule has 0 aliphatic heterocycles. The minimum absolute atomic E-state index is 0.0291. The van der Waals surface area contributed by atoms with Crippen molar-refractivity contribution in [2.45, 2.75) is 26.3 Å². The van der Waals surface area contributed by atoms with Gasteiger partial charge < -0.3 is 14.6 Å². The number of amides is 1. The lowest BCUT2D eigenvalue weighted by Gasteiger charge is -2.11. The predicted molar refractivity (Wildman–Crippen MR) is 102 cm³/mol. The highest BCUT2D eigenvalue weighted by molar-refractivity contribution is 7.19. The van der Waals surface area contributed by atoms with E-state index in [9.17, 15) is 4.79 Å². The predicted octanol–water partition coefficient (Wildman–Crippen LogP) is 4.21. The standard InChI is InChI=1S/C20H22N2O2S/c1-13-9-17-19(25-13)10-18(20(23)21-11-14-3-4-14)22(17)12-15-5-7-16(24-2)8-6-15/h5-10,14H,3-4,11-12H2,1-2H3,(H,21,23).